The molecule has 0 unspecified atom stereocenters. The van der Waals surface area contributed by atoms with Gasteiger partial charge in [-0.25, -0.2) is 4.79 Å². The van der Waals surface area contributed by atoms with Gasteiger partial charge in [0, 0.05) is 26.2 Å². The lowest BCUT2D eigenvalue weighted by Crippen LogP contribution is -2.49. The summed E-state index contributed by atoms with van der Waals surface area (Å²) >= 11 is 0. The van der Waals surface area contributed by atoms with E-state index in [0.29, 0.717) is 6.42 Å². The molecule has 1 fully saturated rings. The number of nitrogens with zero attached hydrogens (tertiary/aromatic N) is 3. The van der Waals surface area contributed by atoms with E-state index in [1.54, 1.807) is 34.9 Å². The molecule has 1 heterocycles. The highest BCUT2D eigenvalue weighted by Crippen LogP contribution is 2.27. The SMILES string of the molecule is C=C[C@H]1N(C)C(=O)[C@H](Cc2ccccc2)N1C(=O)N(C)c1ccccc1. The van der Waals surface area contributed by atoms with Crippen molar-refractivity contribution in [1.29, 1.82) is 0 Å². The van der Waals surface area contributed by atoms with Crippen LogP contribution in [0.1, 0.15) is 5.56 Å². The molecule has 1 aliphatic heterocycles. The molecule has 0 aromatic heterocycles. The van der Waals surface area contributed by atoms with E-state index in [1.807, 2.05) is 60.7 Å². The van der Waals surface area contributed by atoms with Crippen molar-refractivity contribution < 1.29 is 9.59 Å². The first-order valence-corrected chi connectivity index (χ1v) is 8.59. The Balaban J connectivity index is 1.92. The highest BCUT2D eigenvalue weighted by molar-refractivity contribution is 5.98. The van der Waals surface area contributed by atoms with Gasteiger partial charge in [0.1, 0.15) is 12.2 Å². The Labute approximate surface area is 154 Å². The predicted octanol–water partition coefficient (Wildman–Crippen LogP) is 3.14. The van der Waals surface area contributed by atoms with Crippen LogP contribution < -0.4 is 4.90 Å². The zero-order valence-electron chi connectivity index (χ0n) is 15.1. The molecule has 0 radical (unpaired) electrons. The lowest BCUT2D eigenvalue weighted by Gasteiger charge is -2.32. The number of hydrogen-bond donors (Lipinski definition) is 0. The van der Waals surface area contributed by atoms with Gasteiger partial charge in [0.2, 0.25) is 5.91 Å². The van der Waals surface area contributed by atoms with E-state index in [1.165, 1.54) is 0 Å². The Bertz CT molecular complexity index is 791. The molecule has 0 saturated carbocycles. The van der Waals surface area contributed by atoms with Crippen molar-refractivity contribution in [3.05, 3.63) is 78.9 Å². The molecule has 1 aliphatic rings. The van der Waals surface area contributed by atoms with E-state index in [0.717, 1.165) is 11.3 Å². The minimum atomic E-state index is -0.552. The van der Waals surface area contributed by atoms with Crippen LogP contribution in [-0.4, -0.2) is 48.0 Å². The Morgan fingerprint density at radius 1 is 1.12 bits per heavy atom. The highest BCUT2D eigenvalue weighted by atomic mass is 16.2. The summed E-state index contributed by atoms with van der Waals surface area (Å²) in [4.78, 5) is 30.8. The summed E-state index contributed by atoms with van der Waals surface area (Å²) in [7, 11) is 3.43. The number of urea groups is 1. The Morgan fingerprint density at radius 3 is 2.27 bits per heavy atom. The van der Waals surface area contributed by atoms with Gasteiger partial charge in [-0.05, 0) is 23.8 Å². The van der Waals surface area contributed by atoms with Crippen LogP contribution in [-0.2, 0) is 11.2 Å². The number of amides is 3. The molecule has 0 bridgehead atoms. The lowest BCUT2D eigenvalue weighted by atomic mass is 10.1. The summed E-state index contributed by atoms with van der Waals surface area (Å²) < 4.78 is 0. The first-order valence-electron chi connectivity index (χ1n) is 8.59. The van der Waals surface area contributed by atoms with Gasteiger partial charge < -0.3 is 4.90 Å². The quantitative estimate of drug-likeness (QED) is 0.796. The van der Waals surface area contributed by atoms with E-state index < -0.39 is 12.2 Å². The molecule has 2 aromatic carbocycles. The van der Waals surface area contributed by atoms with E-state index in [2.05, 4.69) is 6.58 Å². The number of para-hydroxylation sites is 1. The number of hydrogen-bond acceptors (Lipinski definition) is 2. The van der Waals surface area contributed by atoms with Gasteiger partial charge in [-0.3, -0.25) is 14.6 Å². The second kappa shape index (κ2) is 7.44. The van der Waals surface area contributed by atoms with Crippen molar-refractivity contribution in [2.24, 2.45) is 0 Å². The van der Waals surface area contributed by atoms with Crippen LogP contribution in [0.25, 0.3) is 0 Å². The monoisotopic (exact) mass is 349 g/mol. The maximum Gasteiger partial charge on any atom is 0.326 e. The van der Waals surface area contributed by atoms with Crippen LogP contribution in [0.4, 0.5) is 10.5 Å². The van der Waals surface area contributed by atoms with Crippen molar-refractivity contribution in [1.82, 2.24) is 9.80 Å². The van der Waals surface area contributed by atoms with E-state index in [9.17, 15) is 9.59 Å². The number of carbonyl (C=O) groups is 2. The fraction of sp³-hybridized carbons (Fsp3) is 0.238. The number of likely N-dealkylation sites (N-methyl/N-ethyl adjacent to an activating group) is 1. The first kappa shape index (κ1) is 17.7. The van der Waals surface area contributed by atoms with Gasteiger partial charge in [-0.2, -0.15) is 0 Å². The molecule has 2 atom stereocenters. The van der Waals surface area contributed by atoms with Gasteiger partial charge >= 0.3 is 6.03 Å². The smallest absolute Gasteiger partial charge is 0.320 e. The van der Waals surface area contributed by atoms with Gasteiger partial charge in [0.25, 0.3) is 0 Å². The van der Waals surface area contributed by atoms with Crippen LogP contribution in [0, 0.1) is 0 Å². The normalized spacial score (nSPS) is 19.5. The average molecular weight is 349 g/mol. The van der Waals surface area contributed by atoms with Crippen molar-refractivity contribution in [3.63, 3.8) is 0 Å². The fourth-order valence-corrected chi connectivity index (χ4v) is 3.33. The lowest BCUT2D eigenvalue weighted by molar-refractivity contribution is -0.128. The van der Waals surface area contributed by atoms with Crippen LogP contribution in [0.2, 0.25) is 0 Å². The Hall–Kier alpha value is -3.08. The number of carbonyl (C=O) groups excluding carboxylic acids is 2. The Morgan fingerprint density at radius 2 is 1.69 bits per heavy atom. The average Bonchev–Trinajstić information content (AvgIpc) is 2.92. The summed E-state index contributed by atoms with van der Waals surface area (Å²) in [6, 6.07) is 18.4. The van der Waals surface area contributed by atoms with Gasteiger partial charge in [-0.15, -0.1) is 0 Å². The predicted molar refractivity (Wildman–Crippen MR) is 103 cm³/mol. The number of benzene rings is 2. The molecule has 5 heteroatoms. The summed E-state index contributed by atoms with van der Waals surface area (Å²) in [5.41, 5.74) is 1.80. The summed E-state index contributed by atoms with van der Waals surface area (Å²) in [5.74, 6) is -0.0754. The molecular weight excluding hydrogens is 326 g/mol. The van der Waals surface area contributed by atoms with E-state index in [4.69, 9.17) is 0 Å². The zero-order chi connectivity index (χ0) is 18.7. The minimum Gasteiger partial charge on any atom is -0.320 e. The largest absolute Gasteiger partial charge is 0.326 e. The van der Waals surface area contributed by atoms with Crippen molar-refractivity contribution in [2.45, 2.75) is 18.6 Å². The molecule has 5 nitrogen and oxygen atoms in total. The van der Waals surface area contributed by atoms with Crippen LogP contribution >= 0.6 is 0 Å². The Kier molecular flexibility index (Phi) is 5.07. The topological polar surface area (TPSA) is 43.9 Å². The molecule has 2 aromatic rings. The van der Waals surface area contributed by atoms with Crippen molar-refractivity contribution >= 4 is 17.6 Å². The molecule has 0 aliphatic carbocycles. The summed E-state index contributed by atoms with van der Waals surface area (Å²) in [6.45, 7) is 3.83. The number of rotatable bonds is 4. The van der Waals surface area contributed by atoms with Crippen molar-refractivity contribution in [2.75, 3.05) is 19.0 Å². The minimum absolute atomic E-state index is 0.0754. The summed E-state index contributed by atoms with van der Waals surface area (Å²) in [5, 5.41) is 0. The molecule has 134 valence electrons. The van der Waals surface area contributed by atoms with Gasteiger partial charge in [-0.1, -0.05) is 55.1 Å². The van der Waals surface area contributed by atoms with Crippen LogP contribution in [0.3, 0.4) is 0 Å². The molecule has 3 rings (SSSR count). The second-order valence-corrected chi connectivity index (χ2v) is 6.39. The van der Waals surface area contributed by atoms with E-state index in [-0.39, 0.29) is 11.9 Å². The second-order valence-electron chi connectivity index (χ2n) is 6.39. The first-order chi connectivity index (χ1) is 12.5. The highest BCUT2D eigenvalue weighted by Gasteiger charge is 2.46. The molecular formula is C21H23N3O2. The maximum atomic E-state index is 13.2. The van der Waals surface area contributed by atoms with Crippen LogP contribution in [0.5, 0.6) is 0 Å². The maximum absolute atomic E-state index is 13.2. The van der Waals surface area contributed by atoms with Gasteiger partial charge in [0.05, 0.1) is 0 Å². The molecule has 0 N–H and O–H groups in total. The number of anilines is 1. The fourth-order valence-electron chi connectivity index (χ4n) is 3.33. The zero-order valence-corrected chi connectivity index (χ0v) is 15.1. The molecule has 0 spiro atoms. The standard InChI is InChI=1S/C21H23N3O2/c1-4-19-23(3)20(25)18(15-16-11-7-5-8-12-16)24(19)21(26)22(2)17-13-9-6-10-14-17/h4-14,18-19H,1,15H2,2-3H3/t18-,19-/m0/s1. The third kappa shape index (κ3) is 3.20. The third-order valence-electron chi connectivity index (χ3n) is 4.78. The van der Waals surface area contributed by atoms with Gasteiger partial charge in [0.15, 0.2) is 0 Å². The summed E-state index contributed by atoms with van der Waals surface area (Å²) in [6.07, 6.45) is 1.65. The molecule has 1 saturated heterocycles. The molecule has 3 amide bonds. The van der Waals surface area contributed by atoms with Crippen LogP contribution in [0.15, 0.2) is 73.3 Å². The van der Waals surface area contributed by atoms with Crippen molar-refractivity contribution in [3.8, 4) is 0 Å². The third-order valence-corrected chi connectivity index (χ3v) is 4.78. The van der Waals surface area contributed by atoms with E-state index >= 15 is 0 Å². The molecule has 26 heavy (non-hydrogen) atoms.